The summed E-state index contributed by atoms with van der Waals surface area (Å²) in [5.41, 5.74) is 1.97. The average Bonchev–Trinajstić information content (AvgIpc) is 3.19. The van der Waals surface area contributed by atoms with Crippen LogP contribution in [0.15, 0.2) is 21.7 Å². The summed E-state index contributed by atoms with van der Waals surface area (Å²) in [5, 5.41) is 4.86. The van der Waals surface area contributed by atoms with Crippen molar-refractivity contribution < 1.29 is 13.2 Å². The monoisotopic (exact) mass is 384 g/mol. The topological polar surface area (TPSA) is 75.3 Å². The van der Waals surface area contributed by atoms with E-state index >= 15 is 0 Å². The van der Waals surface area contributed by atoms with Crippen molar-refractivity contribution in [2.75, 3.05) is 7.05 Å². The van der Waals surface area contributed by atoms with Gasteiger partial charge in [-0.25, -0.2) is 13.1 Å². The first kappa shape index (κ1) is 17.6. The van der Waals surface area contributed by atoms with E-state index in [1.807, 2.05) is 5.38 Å². The minimum absolute atomic E-state index is 0.0755. The van der Waals surface area contributed by atoms with Gasteiger partial charge in [0.1, 0.15) is 4.21 Å². The molecular formula is C16H20N2O3S3. The Hall–Kier alpha value is -1.22. The fraction of sp³-hybridized carbons (Fsp3) is 0.438. The van der Waals surface area contributed by atoms with E-state index in [-0.39, 0.29) is 10.1 Å². The molecule has 0 aliphatic heterocycles. The van der Waals surface area contributed by atoms with Gasteiger partial charge in [-0.15, -0.1) is 22.7 Å². The van der Waals surface area contributed by atoms with Crippen molar-refractivity contribution >= 4 is 38.6 Å². The number of carbonyl (C=O) groups is 1. The molecule has 1 atom stereocenters. The van der Waals surface area contributed by atoms with Crippen LogP contribution in [0.5, 0.6) is 0 Å². The summed E-state index contributed by atoms with van der Waals surface area (Å²) in [7, 11) is -2.03. The van der Waals surface area contributed by atoms with E-state index in [2.05, 4.69) is 17.0 Å². The summed E-state index contributed by atoms with van der Waals surface area (Å²) in [6, 6.07) is 3.30. The molecule has 5 nitrogen and oxygen atoms in total. The molecule has 1 aliphatic rings. The molecule has 130 valence electrons. The molecule has 3 rings (SSSR count). The van der Waals surface area contributed by atoms with Crippen LogP contribution in [-0.4, -0.2) is 21.4 Å². The normalized spacial score (nSPS) is 17.5. The van der Waals surface area contributed by atoms with Crippen LogP contribution in [-0.2, 0) is 29.4 Å². The molecular weight excluding hydrogens is 364 g/mol. The highest BCUT2D eigenvalue weighted by Gasteiger charge is 2.23. The first-order chi connectivity index (χ1) is 11.4. The number of hydrogen-bond acceptors (Lipinski definition) is 5. The van der Waals surface area contributed by atoms with E-state index in [0.717, 1.165) is 29.7 Å². The number of hydrogen-bond donors (Lipinski definition) is 2. The van der Waals surface area contributed by atoms with E-state index in [9.17, 15) is 13.2 Å². The number of nitrogens with one attached hydrogen (secondary N) is 2. The maximum atomic E-state index is 12.5. The molecule has 0 spiro atoms. The van der Waals surface area contributed by atoms with Gasteiger partial charge in [0.05, 0.1) is 12.1 Å². The molecule has 1 aliphatic carbocycles. The van der Waals surface area contributed by atoms with Crippen molar-refractivity contribution in [3.63, 3.8) is 0 Å². The van der Waals surface area contributed by atoms with Crippen LogP contribution >= 0.6 is 22.7 Å². The molecule has 1 amide bonds. The molecule has 0 fully saturated rings. The van der Waals surface area contributed by atoms with Crippen LogP contribution in [0.25, 0.3) is 0 Å². The zero-order valence-electron chi connectivity index (χ0n) is 13.6. The second-order valence-corrected chi connectivity index (χ2v) is 10.3. The molecule has 2 aromatic rings. The number of fused-ring (bicyclic) bond motifs is 1. The van der Waals surface area contributed by atoms with Crippen LogP contribution in [0.2, 0.25) is 0 Å². The molecule has 1 unspecified atom stereocenters. The minimum Gasteiger partial charge on any atom is -0.347 e. The first-order valence-corrected chi connectivity index (χ1v) is 11.0. The predicted octanol–water partition coefficient (Wildman–Crippen LogP) is 2.77. The molecule has 0 bridgehead atoms. The second-order valence-electron chi connectivity index (χ2n) is 6.01. The van der Waals surface area contributed by atoms with E-state index < -0.39 is 10.0 Å². The lowest BCUT2D eigenvalue weighted by Crippen LogP contribution is -2.24. The maximum absolute atomic E-state index is 12.5. The van der Waals surface area contributed by atoms with E-state index in [1.54, 1.807) is 23.5 Å². The summed E-state index contributed by atoms with van der Waals surface area (Å²) in [6.07, 6.45) is 3.15. The Morgan fingerprint density at radius 2 is 2.17 bits per heavy atom. The van der Waals surface area contributed by atoms with Gasteiger partial charge in [-0.3, -0.25) is 4.79 Å². The van der Waals surface area contributed by atoms with Gasteiger partial charge >= 0.3 is 0 Å². The van der Waals surface area contributed by atoms with E-state index in [1.165, 1.54) is 28.8 Å². The molecule has 2 aromatic heterocycles. The number of carbonyl (C=O) groups excluding carboxylic acids is 1. The zero-order valence-corrected chi connectivity index (χ0v) is 16.0. The number of rotatable bonds is 5. The van der Waals surface area contributed by atoms with Crippen LogP contribution in [0.1, 0.15) is 39.0 Å². The predicted molar refractivity (Wildman–Crippen MR) is 97.2 cm³/mol. The van der Waals surface area contributed by atoms with Gasteiger partial charge in [-0.2, -0.15) is 0 Å². The van der Waals surface area contributed by atoms with Crippen molar-refractivity contribution in [2.45, 2.75) is 36.9 Å². The molecule has 0 saturated heterocycles. The maximum Gasteiger partial charge on any atom is 0.252 e. The molecule has 2 heterocycles. The Kier molecular flexibility index (Phi) is 5.10. The summed E-state index contributed by atoms with van der Waals surface area (Å²) < 4.78 is 26.0. The zero-order chi connectivity index (χ0) is 17.3. The lowest BCUT2D eigenvalue weighted by molar-refractivity contribution is 0.0950. The molecule has 0 radical (unpaired) electrons. The Bertz CT molecular complexity index is 852. The van der Waals surface area contributed by atoms with E-state index in [4.69, 9.17) is 0 Å². The first-order valence-electron chi connectivity index (χ1n) is 7.80. The van der Waals surface area contributed by atoms with Crippen molar-refractivity contribution in [1.29, 1.82) is 0 Å². The minimum atomic E-state index is -3.42. The smallest absolute Gasteiger partial charge is 0.252 e. The Labute approximate surface area is 150 Å². The molecule has 2 N–H and O–H groups in total. The average molecular weight is 385 g/mol. The molecule has 0 aromatic carbocycles. The van der Waals surface area contributed by atoms with Gasteiger partial charge in [0, 0.05) is 15.1 Å². The largest absolute Gasteiger partial charge is 0.347 e. The fourth-order valence-corrected chi connectivity index (χ4v) is 6.21. The molecule has 24 heavy (non-hydrogen) atoms. The number of amides is 1. The standard InChI is InChI=1S/C16H20N2O3S3/c1-10-3-5-12-13(9-22-14(12)7-10)16(19)18-8-11-4-6-15(23-11)24(20,21)17-2/h4,6,9-10,17H,3,5,7-8H2,1-2H3,(H,18,19). The van der Waals surface area contributed by atoms with Gasteiger partial charge in [0.15, 0.2) is 0 Å². The summed E-state index contributed by atoms with van der Waals surface area (Å²) >= 11 is 2.84. The van der Waals surface area contributed by atoms with Crippen molar-refractivity contribution in [3.05, 3.63) is 38.4 Å². The van der Waals surface area contributed by atoms with Crippen LogP contribution < -0.4 is 10.0 Å². The molecule has 8 heteroatoms. The lowest BCUT2D eigenvalue weighted by atomic mass is 9.88. The summed E-state index contributed by atoms with van der Waals surface area (Å²) in [5.74, 6) is 0.610. The van der Waals surface area contributed by atoms with Gasteiger partial charge in [-0.1, -0.05) is 6.92 Å². The van der Waals surface area contributed by atoms with Crippen LogP contribution in [0.3, 0.4) is 0 Å². The highest BCUT2D eigenvalue weighted by atomic mass is 32.2. The van der Waals surface area contributed by atoms with Crippen LogP contribution in [0.4, 0.5) is 0 Å². The lowest BCUT2D eigenvalue weighted by Gasteiger charge is -2.18. The Morgan fingerprint density at radius 1 is 1.38 bits per heavy atom. The van der Waals surface area contributed by atoms with Gasteiger partial charge in [0.2, 0.25) is 10.0 Å². The number of thiophene rings is 2. The SMILES string of the molecule is CNS(=O)(=O)c1ccc(CNC(=O)c2csc3c2CCC(C)C3)s1. The van der Waals surface area contributed by atoms with Crippen molar-refractivity contribution in [2.24, 2.45) is 5.92 Å². The Morgan fingerprint density at radius 3 is 2.92 bits per heavy atom. The van der Waals surface area contributed by atoms with Gasteiger partial charge < -0.3 is 5.32 Å². The third-order valence-corrected chi connectivity index (χ3v) is 8.28. The summed E-state index contributed by atoms with van der Waals surface area (Å²) in [4.78, 5) is 14.6. The van der Waals surface area contributed by atoms with Gasteiger partial charge in [-0.05, 0) is 49.9 Å². The van der Waals surface area contributed by atoms with Gasteiger partial charge in [0.25, 0.3) is 5.91 Å². The van der Waals surface area contributed by atoms with Crippen molar-refractivity contribution in [1.82, 2.24) is 10.0 Å². The number of sulfonamides is 1. The summed E-state index contributed by atoms with van der Waals surface area (Å²) in [6.45, 7) is 2.58. The third kappa shape index (κ3) is 3.56. The highest BCUT2D eigenvalue weighted by Crippen LogP contribution is 2.32. The highest BCUT2D eigenvalue weighted by molar-refractivity contribution is 7.91. The third-order valence-electron chi connectivity index (χ3n) is 4.24. The second kappa shape index (κ2) is 6.95. The fourth-order valence-electron chi connectivity index (χ4n) is 2.83. The quantitative estimate of drug-likeness (QED) is 0.832. The Balaban J connectivity index is 1.67. The molecule has 0 saturated carbocycles. The van der Waals surface area contributed by atoms with Crippen LogP contribution in [0, 0.1) is 5.92 Å². The van der Waals surface area contributed by atoms with Crippen molar-refractivity contribution in [3.8, 4) is 0 Å². The van der Waals surface area contributed by atoms with E-state index in [0.29, 0.717) is 12.5 Å².